The molecule has 0 aromatic heterocycles. The van der Waals surface area contributed by atoms with Crippen LogP contribution in [0, 0.1) is 5.41 Å². The third kappa shape index (κ3) is 8.69. The van der Waals surface area contributed by atoms with E-state index in [1.165, 1.54) is 4.90 Å². The van der Waals surface area contributed by atoms with Gasteiger partial charge in [-0.2, -0.15) is 0 Å². The Balaban J connectivity index is 1.34. The van der Waals surface area contributed by atoms with E-state index in [2.05, 4.69) is 53.6 Å². The zero-order valence-corrected chi connectivity index (χ0v) is 29.0. The zero-order valence-electron chi connectivity index (χ0n) is 28.2. The fourth-order valence-electron chi connectivity index (χ4n) is 6.85. The molecule has 0 aliphatic carbocycles. The first kappa shape index (κ1) is 35.2. The average molecular weight is 662 g/mol. The van der Waals surface area contributed by atoms with Crippen LogP contribution in [0.4, 0.5) is 16.2 Å². The van der Waals surface area contributed by atoms with E-state index in [4.69, 9.17) is 9.47 Å². The molecule has 6 atom stereocenters. The third-order valence-electron chi connectivity index (χ3n) is 9.72. The number of unbranched alkanes of at least 4 members (excludes halogenated alkanes) is 1. The lowest BCUT2D eigenvalue weighted by atomic mass is 9.69. The van der Waals surface area contributed by atoms with Gasteiger partial charge in [-0.3, -0.25) is 0 Å². The molecule has 1 fully saturated rings. The van der Waals surface area contributed by atoms with Gasteiger partial charge in [-0.25, -0.2) is 4.79 Å². The fraction of sp³-hybridized carbons (Fsp3) is 0.500. The molecule has 3 aromatic rings. The minimum atomic E-state index is -0.606. The second kappa shape index (κ2) is 16.3. The molecule has 3 aromatic carbocycles. The number of rotatable bonds is 12. The Labute approximate surface area is 284 Å². The lowest BCUT2D eigenvalue weighted by molar-refractivity contribution is -0.136. The van der Waals surface area contributed by atoms with Crippen LogP contribution in [0.1, 0.15) is 75.0 Å². The van der Waals surface area contributed by atoms with Crippen LogP contribution in [0.3, 0.4) is 0 Å². The van der Waals surface area contributed by atoms with Crippen LogP contribution in [0.25, 0.3) is 0 Å². The van der Waals surface area contributed by atoms with E-state index >= 15 is 0 Å². The maximum atomic E-state index is 13.3. The minimum Gasteiger partial charge on any atom is -0.394 e. The summed E-state index contributed by atoms with van der Waals surface area (Å²) in [6, 6.07) is 24.0. The molecule has 3 unspecified atom stereocenters. The molecular formula is C38H51N3O5S. The Bertz CT molecular complexity index is 1460. The summed E-state index contributed by atoms with van der Waals surface area (Å²) >= 11 is 1.85. The number of urea groups is 1. The van der Waals surface area contributed by atoms with Gasteiger partial charge in [0.05, 0.1) is 31.5 Å². The summed E-state index contributed by atoms with van der Waals surface area (Å²) in [5, 5.41) is 28.1. The Morgan fingerprint density at radius 2 is 1.87 bits per heavy atom. The second-order valence-electron chi connectivity index (χ2n) is 13.2. The SMILES string of the molecule is CCCC[C@]1(CC)CSc2ccc(N(C)C)cc2[C@@H](c2cccc(NC(=O)N[C@H]3CC(OCc4ccccc4)CC(CO)O3)c2)C1O. The number of aliphatic hydroxyl groups excluding tert-OH is 2. The van der Waals surface area contributed by atoms with E-state index in [1.54, 1.807) is 0 Å². The van der Waals surface area contributed by atoms with Gasteiger partial charge in [0.25, 0.3) is 0 Å². The van der Waals surface area contributed by atoms with Crippen LogP contribution < -0.4 is 15.5 Å². The molecule has 0 bridgehead atoms. The maximum absolute atomic E-state index is 13.3. The molecule has 5 rings (SSSR count). The van der Waals surface area contributed by atoms with E-state index in [9.17, 15) is 15.0 Å². The van der Waals surface area contributed by atoms with Crippen LogP contribution in [-0.4, -0.2) is 67.2 Å². The smallest absolute Gasteiger partial charge is 0.321 e. The van der Waals surface area contributed by atoms with Crippen LogP contribution in [0.2, 0.25) is 0 Å². The van der Waals surface area contributed by atoms with Gasteiger partial charge >= 0.3 is 6.03 Å². The number of aliphatic hydroxyl groups is 2. The van der Waals surface area contributed by atoms with Crippen molar-refractivity contribution in [3.63, 3.8) is 0 Å². The first-order valence-electron chi connectivity index (χ1n) is 17.0. The van der Waals surface area contributed by atoms with Crippen LogP contribution in [0.5, 0.6) is 0 Å². The molecule has 47 heavy (non-hydrogen) atoms. The van der Waals surface area contributed by atoms with Gasteiger partial charge in [-0.1, -0.05) is 69.2 Å². The Kier molecular flexibility index (Phi) is 12.3. The maximum Gasteiger partial charge on any atom is 0.321 e. The summed E-state index contributed by atoms with van der Waals surface area (Å²) in [4.78, 5) is 16.6. The van der Waals surface area contributed by atoms with Crippen LogP contribution in [-0.2, 0) is 16.1 Å². The molecule has 4 N–H and O–H groups in total. The number of carbonyl (C=O) groups excluding carboxylic acids is 1. The predicted octanol–water partition coefficient (Wildman–Crippen LogP) is 7.14. The lowest BCUT2D eigenvalue weighted by Crippen LogP contribution is -2.48. The summed E-state index contributed by atoms with van der Waals surface area (Å²) < 4.78 is 12.1. The van der Waals surface area contributed by atoms with Crippen LogP contribution >= 0.6 is 11.8 Å². The number of hydrogen-bond donors (Lipinski definition) is 4. The molecule has 0 radical (unpaired) electrons. The van der Waals surface area contributed by atoms with Gasteiger partial charge < -0.3 is 35.2 Å². The van der Waals surface area contributed by atoms with Crippen molar-refractivity contribution in [1.29, 1.82) is 0 Å². The molecule has 1 saturated heterocycles. The van der Waals surface area contributed by atoms with Gasteiger partial charge in [-0.15, -0.1) is 11.8 Å². The van der Waals surface area contributed by atoms with Crippen molar-refractivity contribution in [2.75, 3.05) is 36.7 Å². The summed E-state index contributed by atoms with van der Waals surface area (Å²) in [5.41, 5.74) is 4.65. The van der Waals surface area contributed by atoms with Crippen molar-refractivity contribution < 1.29 is 24.5 Å². The van der Waals surface area contributed by atoms with Gasteiger partial charge in [0.2, 0.25) is 0 Å². The number of anilines is 2. The first-order chi connectivity index (χ1) is 22.7. The van der Waals surface area contributed by atoms with Crippen molar-refractivity contribution in [2.24, 2.45) is 5.41 Å². The number of thioether (sulfide) groups is 1. The molecular weight excluding hydrogens is 611 g/mol. The Hall–Kier alpha value is -3.08. The summed E-state index contributed by atoms with van der Waals surface area (Å²) in [6.07, 6.45) is 3.25. The van der Waals surface area contributed by atoms with Crippen LogP contribution in [0.15, 0.2) is 77.7 Å². The first-order valence-corrected chi connectivity index (χ1v) is 17.9. The molecule has 2 aliphatic rings. The van der Waals surface area contributed by atoms with Crippen molar-refractivity contribution in [3.05, 3.63) is 89.5 Å². The standard InChI is InChI=1S/C38H51N3O5S/c1-5-7-18-38(6-2)25-47-33-17-16-29(41(3)4)20-32(33)35(36(38)43)27-14-11-15-28(19-27)39-37(44)40-34-22-30(21-31(23-42)46-34)45-24-26-12-9-8-10-13-26/h8-17,19-20,30-31,34-36,42-43H,5-7,18,21-25H2,1-4H3,(H2,39,40,44)/t30?,31?,34-,35-,36?,38-/m1/s1. The highest BCUT2D eigenvalue weighted by Crippen LogP contribution is 2.51. The number of hydrogen-bond acceptors (Lipinski definition) is 7. The average Bonchev–Trinajstić information content (AvgIpc) is 3.20. The van der Waals surface area contributed by atoms with E-state index in [1.807, 2.05) is 74.4 Å². The fourth-order valence-corrected chi connectivity index (χ4v) is 8.33. The van der Waals surface area contributed by atoms with E-state index in [0.29, 0.717) is 25.1 Å². The number of amides is 2. The highest BCUT2D eigenvalue weighted by Gasteiger charge is 2.44. The van der Waals surface area contributed by atoms with E-state index in [-0.39, 0.29) is 24.0 Å². The largest absolute Gasteiger partial charge is 0.394 e. The van der Waals surface area contributed by atoms with Crippen molar-refractivity contribution in [1.82, 2.24) is 5.32 Å². The molecule has 0 saturated carbocycles. The highest BCUT2D eigenvalue weighted by molar-refractivity contribution is 7.99. The Morgan fingerprint density at radius 1 is 1.06 bits per heavy atom. The van der Waals surface area contributed by atoms with E-state index < -0.39 is 24.5 Å². The summed E-state index contributed by atoms with van der Waals surface area (Å²) in [7, 11) is 4.07. The molecule has 9 heteroatoms. The molecule has 2 aliphatic heterocycles. The lowest BCUT2D eigenvalue weighted by Gasteiger charge is -2.40. The highest BCUT2D eigenvalue weighted by atomic mass is 32.2. The molecule has 2 heterocycles. The number of carbonyl (C=O) groups is 1. The van der Waals surface area contributed by atoms with Gasteiger partial charge in [0.15, 0.2) is 0 Å². The summed E-state index contributed by atoms with van der Waals surface area (Å²) in [5.74, 6) is 0.610. The van der Waals surface area contributed by atoms with Gasteiger partial charge in [-0.05, 0) is 59.9 Å². The number of nitrogens with one attached hydrogen (secondary N) is 2. The number of benzene rings is 3. The van der Waals surface area contributed by atoms with Crippen molar-refractivity contribution in [2.45, 2.75) is 94.3 Å². The third-order valence-corrected chi connectivity index (χ3v) is 11.1. The normalized spacial score (nSPS) is 25.8. The minimum absolute atomic E-state index is 0.149. The second-order valence-corrected chi connectivity index (χ2v) is 14.2. The molecule has 254 valence electrons. The van der Waals surface area contributed by atoms with Crippen molar-refractivity contribution in [3.8, 4) is 0 Å². The van der Waals surface area contributed by atoms with Gasteiger partial charge in [0, 0.05) is 60.3 Å². The zero-order chi connectivity index (χ0) is 33.4. The Morgan fingerprint density at radius 3 is 2.60 bits per heavy atom. The molecule has 2 amide bonds. The number of ether oxygens (including phenoxy) is 2. The van der Waals surface area contributed by atoms with E-state index in [0.717, 1.165) is 53.8 Å². The molecule has 8 nitrogen and oxygen atoms in total. The summed E-state index contributed by atoms with van der Waals surface area (Å²) in [6.45, 7) is 4.71. The topological polar surface area (TPSA) is 103 Å². The monoisotopic (exact) mass is 661 g/mol. The predicted molar refractivity (Wildman–Crippen MR) is 190 cm³/mol. The van der Waals surface area contributed by atoms with Crippen molar-refractivity contribution >= 4 is 29.2 Å². The van der Waals surface area contributed by atoms with Gasteiger partial charge in [0.1, 0.15) is 6.23 Å². The quantitative estimate of drug-likeness (QED) is 0.164. The number of fused-ring (bicyclic) bond motifs is 1. The molecule has 0 spiro atoms. The number of nitrogens with zero attached hydrogens (tertiary/aromatic N) is 1.